The van der Waals surface area contributed by atoms with Crippen LogP contribution in [0, 0.1) is 5.41 Å². The van der Waals surface area contributed by atoms with Crippen LogP contribution in [0.5, 0.6) is 0 Å². The van der Waals surface area contributed by atoms with E-state index in [2.05, 4.69) is 82.4 Å². The molecule has 4 nitrogen and oxygen atoms in total. The zero-order valence-corrected chi connectivity index (χ0v) is 22.4. The number of benzene rings is 2. The van der Waals surface area contributed by atoms with Gasteiger partial charge in [0.15, 0.2) is 9.04 Å². The molecule has 0 spiro atoms. The summed E-state index contributed by atoms with van der Waals surface area (Å²) >= 11 is 0. The predicted molar refractivity (Wildman–Crippen MR) is 136 cm³/mol. The lowest BCUT2D eigenvalue weighted by molar-refractivity contribution is 0.0345. The van der Waals surface area contributed by atoms with Crippen molar-refractivity contribution in [3.63, 3.8) is 0 Å². The quantitative estimate of drug-likeness (QED) is 0.448. The number of rotatable bonds is 7. The smallest absolute Gasteiger partial charge is 0.211 e. The van der Waals surface area contributed by atoms with Gasteiger partial charge in [0.1, 0.15) is 0 Å². The van der Waals surface area contributed by atoms with Crippen LogP contribution in [0.15, 0.2) is 60.7 Å². The fourth-order valence-corrected chi connectivity index (χ4v) is 9.77. The molecule has 7 heteroatoms. The first-order chi connectivity index (χ1) is 14.5. The average molecular weight is 478 g/mol. The summed E-state index contributed by atoms with van der Waals surface area (Å²) in [6.45, 7) is 11.8. The Bertz CT molecular complexity index is 924. The molecule has 170 valence electrons. The molecule has 3 rings (SSSR count). The monoisotopic (exact) mass is 477 g/mol. The molecule has 1 fully saturated rings. The summed E-state index contributed by atoms with van der Waals surface area (Å²) < 4.78 is 34.2. The molecule has 0 aliphatic carbocycles. The van der Waals surface area contributed by atoms with E-state index < -0.39 is 32.5 Å². The van der Waals surface area contributed by atoms with Gasteiger partial charge in [-0.2, -0.15) is 4.31 Å². The van der Waals surface area contributed by atoms with Gasteiger partial charge in [-0.05, 0) is 43.5 Å². The van der Waals surface area contributed by atoms with Gasteiger partial charge in [-0.15, -0.1) is 0 Å². The lowest BCUT2D eigenvalue weighted by atomic mass is 9.73. The van der Waals surface area contributed by atoms with Crippen molar-refractivity contribution in [3.8, 4) is 0 Å². The molecule has 0 bridgehead atoms. The molecule has 1 aliphatic rings. The van der Waals surface area contributed by atoms with Crippen LogP contribution in [-0.2, 0) is 14.4 Å². The number of nitrogens with zero attached hydrogens (tertiary/aromatic N) is 1. The van der Waals surface area contributed by atoms with Crippen LogP contribution < -0.4 is 10.6 Å². The Labute approximate surface area is 191 Å². The summed E-state index contributed by atoms with van der Waals surface area (Å²) in [5.41, 5.74) is -0.569. The van der Waals surface area contributed by atoms with Gasteiger partial charge >= 0.3 is 0 Å². The van der Waals surface area contributed by atoms with Crippen LogP contribution in [0.3, 0.4) is 0 Å². The molecule has 2 aromatic carbocycles. The highest BCUT2D eigenvalue weighted by molar-refractivity contribution is 7.88. The highest BCUT2D eigenvalue weighted by Crippen LogP contribution is 2.54. The molecule has 1 saturated heterocycles. The standard InChI is InChI=1S/C24H36NO3PSSi/c1-23(2,3)24(19-28-31(5)6)17-22(18-25(24)30(4,26)27)29(20-13-9-7-10-14-20)21-15-11-8-12-16-21/h7-16,22,31H,17-19H2,1-6H3/t22-,24+/m0/s1. The number of hydrogen-bond donors (Lipinski definition) is 0. The van der Waals surface area contributed by atoms with E-state index in [1.54, 1.807) is 4.31 Å². The van der Waals surface area contributed by atoms with Crippen LogP contribution in [0.25, 0.3) is 0 Å². The SMILES string of the molecule is C[SiH](C)OC[C@@]1(C(C)(C)C)C[C@H](P(c2ccccc2)c2ccccc2)CN1S(C)(=O)=O. The van der Waals surface area contributed by atoms with Gasteiger partial charge in [-0.25, -0.2) is 8.42 Å². The van der Waals surface area contributed by atoms with E-state index >= 15 is 0 Å². The predicted octanol–water partition coefficient (Wildman–Crippen LogP) is 3.94. The molecule has 0 aromatic heterocycles. The van der Waals surface area contributed by atoms with Crippen LogP contribution in [-0.4, -0.2) is 52.4 Å². The summed E-state index contributed by atoms with van der Waals surface area (Å²) in [6, 6.07) is 21.2. The molecule has 0 unspecified atom stereocenters. The van der Waals surface area contributed by atoms with Crippen molar-refractivity contribution in [2.45, 2.75) is 51.5 Å². The maximum Gasteiger partial charge on any atom is 0.211 e. The maximum absolute atomic E-state index is 13.1. The number of hydrogen-bond acceptors (Lipinski definition) is 3. The topological polar surface area (TPSA) is 46.6 Å². The van der Waals surface area contributed by atoms with Crippen LogP contribution in [0.2, 0.25) is 13.1 Å². The first kappa shape index (κ1) is 24.6. The second kappa shape index (κ2) is 9.44. The Hall–Kier alpha value is -1.04. The van der Waals surface area contributed by atoms with Gasteiger partial charge in [0.05, 0.1) is 18.4 Å². The Balaban J connectivity index is 2.12. The Morgan fingerprint density at radius 3 is 1.90 bits per heavy atom. The fourth-order valence-electron chi connectivity index (χ4n) is 4.63. The Morgan fingerprint density at radius 2 is 1.52 bits per heavy atom. The minimum atomic E-state index is -3.39. The van der Waals surface area contributed by atoms with E-state index in [-0.39, 0.29) is 11.1 Å². The molecule has 0 N–H and O–H groups in total. The van der Waals surface area contributed by atoms with E-state index in [1.807, 2.05) is 12.1 Å². The van der Waals surface area contributed by atoms with Crippen molar-refractivity contribution in [2.24, 2.45) is 5.41 Å². The third-order valence-corrected chi connectivity index (χ3v) is 11.2. The fraction of sp³-hybridized carbons (Fsp3) is 0.500. The summed E-state index contributed by atoms with van der Waals surface area (Å²) in [5, 5.41) is 2.59. The third-order valence-electron chi connectivity index (χ3n) is 6.31. The molecule has 1 heterocycles. The van der Waals surface area contributed by atoms with E-state index in [9.17, 15) is 8.42 Å². The number of sulfonamides is 1. The summed E-state index contributed by atoms with van der Waals surface area (Å²) in [4.78, 5) is 0. The van der Waals surface area contributed by atoms with Crippen LogP contribution in [0.4, 0.5) is 0 Å². The average Bonchev–Trinajstić information content (AvgIpc) is 3.09. The van der Waals surface area contributed by atoms with Gasteiger partial charge in [0, 0.05) is 12.2 Å². The zero-order chi connectivity index (χ0) is 22.9. The molecule has 0 amide bonds. The van der Waals surface area contributed by atoms with Gasteiger partial charge in [0.25, 0.3) is 0 Å². The summed E-state index contributed by atoms with van der Waals surface area (Å²) in [6.07, 6.45) is 2.16. The van der Waals surface area contributed by atoms with Crippen molar-refractivity contribution in [1.29, 1.82) is 0 Å². The van der Waals surface area contributed by atoms with E-state index in [0.29, 0.717) is 13.2 Å². The molecular formula is C24H36NO3PSSi. The first-order valence-corrected chi connectivity index (χ1v) is 17.0. The third kappa shape index (κ3) is 5.31. The second-order valence-corrected chi connectivity index (χ2v) is 16.7. The van der Waals surface area contributed by atoms with Crippen LogP contribution in [0.1, 0.15) is 27.2 Å². The molecule has 0 saturated carbocycles. The Morgan fingerprint density at radius 1 is 1.03 bits per heavy atom. The van der Waals surface area contributed by atoms with Crippen molar-refractivity contribution < 1.29 is 12.8 Å². The van der Waals surface area contributed by atoms with Crippen molar-refractivity contribution in [2.75, 3.05) is 19.4 Å². The largest absolute Gasteiger partial charge is 0.419 e. The van der Waals surface area contributed by atoms with Crippen molar-refractivity contribution in [1.82, 2.24) is 4.31 Å². The van der Waals surface area contributed by atoms with Crippen LogP contribution >= 0.6 is 7.92 Å². The van der Waals surface area contributed by atoms with Gasteiger partial charge in [0.2, 0.25) is 10.0 Å². The van der Waals surface area contributed by atoms with Gasteiger partial charge in [-0.3, -0.25) is 0 Å². The highest BCUT2D eigenvalue weighted by atomic mass is 32.2. The minimum absolute atomic E-state index is 0.228. The van der Waals surface area contributed by atoms with E-state index in [4.69, 9.17) is 4.43 Å². The van der Waals surface area contributed by atoms with Crippen molar-refractivity contribution in [3.05, 3.63) is 60.7 Å². The first-order valence-electron chi connectivity index (χ1n) is 10.9. The van der Waals surface area contributed by atoms with Gasteiger partial charge in [-0.1, -0.05) is 81.4 Å². The minimum Gasteiger partial charge on any atom is -0.419 e. The summed E-state index contributed by atoms with van der Waals surface area (Å²) in [5.74, 6) is 0. The molecule has 31 heavy (non-hydrogen) atoms. The molecule has 1 aliphatic heterocycles. The maximum atomic E-state index is 13.1. The zero-order valence-electron chi connectivity index (χ0n) is 19.6. The Kier molecular flexibility index (Phi) is 7.49. The van der Waals surface area contributed by atoms with Crippen molar-refractivity contribution >= 4 is 37.6 Å². The summed E-state index contributed by atoms with van der Waals surface area (Å²) in [7, 11) is -5.40. The molecule has 2 atom stereocenters. The normalized spacial score (nSPS) is 23.0. The highest BCUT2D eigenvalue weighted by Gasteiger charge is 2.57. The lowest BCUT2D eigenvalue weighted by Crippen LogP contribution is -2.58. The molecule has 2 aromatic rings. The second-order valence-electron chi connectivity index (χ2n) is 9.83. The lowest BCUT2D eigenvalue weighted by Gasteiger charge is -2.47. The van der Waals surface area contributed by atoms with E-state index in [0.717, 1.165) is 6.42 Å². The van der Waals surface area contributed by atoms with E-state index in [1.165, 1.54) is 16.9 Å². The molecule has 0 radical (unpaired) electrons. The van der Waals surface area contributed by atoms with Gasteiger partial charge < -0.3 is 4.43 Å². The molecular weight excluding hydrogens is 441 g/mol.